The van der Waals surface area contributed by atoms with E-state index >= 15 is 0 Å². The second kappa shape index (κ2) is 9.54. The third-order valence-electron chi connectivity index (χ3n) is 5.57. The number of fused-ring (bicyclic) bond motifs is 1. The molecule has 170 valence electrons. The van der Waals surface area contributed by atoms with Gasteiger partial charge in [-0.1, -0.05) is 23.9 Å². The van der Waals surface area contributed by atoms with Crippen LogP contribution in [0.1, 0.15) is 20.3 Å². The first kappa shape index (κ1) is 22.7. The van der Waals surface area contributed by atoms with Gasteiger partial charge in [-0.25, -0.2) is 13.4 Å². The van der Waals surface area contributed by atoms with Gasteiger partial charge in [0.25, 0.3) is 0 Å². The van der Waals surface area contributed by atoms with E-state index in [1.165, 1.54) is 11.8 Å². The Morgan fingerprint density at radius 1 is 1.19 bits per heavy atom. The van der Waals surface area contributed by atoms with Gasteiger partial charge >= 0.3 is 0 Å². The number of para-hydroxylation sites is 2. The highest BCUT2D eigenvalue weighted by atomic mass is 32.2. The number of thioether (sulfide) groups is 1. The van der Waals surface area contributed by atoms with Gasteiger partial charge in [-0.3, -0.25) is 9.36 Å². The molecule has 1 aliphatic heterocycles. The molecule has 2 heterocycles. The van der Waals surface area contributed by atoms with Crippen molar-refractivity contribution >= 4 is 38.5 Å². The highest BCUT2D eigenvalue weighted by Crippen LogP contribution is 2.29. The summed E-state index contributed by atoms with van der Waals surface area (Å²) in [5.41, 5.74) is 2.75. The number of carbonyl (C=O) groups excluding carboxylic acids is 1. The first-order valence-electron chi connectivity index (χ1n) is 10.7. The van der Waals surface area contributed by atoms with Gasteiger partial charge in [0.1, 0.15) is 5.75 Å². The number of carbonyl (C=O) groups is 1. The second-order valence-electron chi connectivity index (χ2n) is 7.67. The molecule has 1 atom stereocenters. The molecule has 0 N–H and O–H groups in total. The largest absolute Gasteiger partial charge is 0.494 e. The van der Waals surface area contributed by atoms with Gasteiger partial charge in [0.15, 0.2) is 15.0 Å². The number of hydrogen-bond donors (Lipinski definition) is 0. The lowest BCUT2D eigenvalue weighted by molar-refractivity contribution is -0.129. The number of benzene rings is 2. The molecule has 4 rings (SSSR count). The van der Waals surface area contributed by atoms with Crippen LogP contribution >= 0.6 is 11.8 Å². The van der Waals surface area contributed by atoms with E-state index in [-0.39, 0.29) is 29.2 Å². The summed E-state index contributed by atoms with van der Waals surface area (Å²) < 4.78 is 31.3. The van der Waals surface area contributed by atoms with Crippen LogP contribution in [0.4, 0.5) is 0 Å². The zero-order chi connectivity index (χ0) is 22.7. The molecule has 0 radical (unpaired) electrons. The van der Waals surface area contributed by atoms with Gasteiger partial charge in [-0.05, 0) is 56.7 Å². The van der Waals surface area contributed by atoms with E-state index in [0.29, 0.717) is 19.6 Å². The molecular formula is C23H27N3O4S2. The van der Waals surface area contributed by atoms with Crippen molar-refractivity contribution in [2.45, 2.75) is 31.5 Å². The van der Waals surface area contributed by atoms with E-state index in [1.807, 2.05) is 66.9 Å². The lowest BCUT2D eigenvalue weighted by atomic mass is 10.2. The number of rotatable bonds is 8. The van der Waals surface area contributed by atoms with Crippen molar-refractivity contribution in [1.29, 1.82) is 0 Å². The smallest absolute Gasteiger partial charge is 0.233 e. The molecular weight excluding hydrogens is 446 g/mol. The molecule has 32 heavy (non-hydrogen) atoms. The van der Waals surface area contributed by atoms with Crippen molar-refractivity contribution < 1.29 is 17.9 Å². The maximum atomic E-state index is 13.0. The minimum Gasteiger partial charge on any atom is -0.494 e. The summed E-state index contributed by atoms with van der Waals surface area (Å²) in [5, 5.41) is 0.721. The van der Waals surface area contributed by atoms with E-state index in [2.05, 4.69) is 0 Å². The quantitative estimate of drug-likeness (QED) is 0.466. The molecule has 1 aromatic heterocycles. The summed E-state index contributed by atoms with van der Waals surface area (Å²) in [4.78, 5) is 19.4. The van der Waals surface area contributed by atoms with Crippen molar-refractivity contribution in [2.75, 3.05) is 30.4 Å². The highest BCUT2D eigenvalue weighted by Gasteiger charge is 2.34. The lowest BCUT2D eigenvalue weighted by Gasteiger charge is -2.26. The maximum Gasteiger partial charge on any atom is 0.233 e. The summed E-state index contributed by atoms with van der Waals surface area (Å²) >= 11 is 1.37. The topological polar surface area (TPSA) is 81.5 Å². The summed E-state index contributed by atoms with van der Waals surface area (Å²) in [6, 6.07) is 15.4. The summed E-state index contributed by atoms with van der Waals surface area (Å²) in [6.07, 6.45) is 0.511. The number of aromatic nitrogens is 2. The monoisotopic (exact) mass is 473 g/mol. The molecule has 7 nitrogen and oxygen atoms in total. The number of imidazole rings is 1. The van der Waals surface area contributed by atoms with Crippen LogP contribution in [0, 0.1) is 0 Å². The van der Waals surface area contributed by atoms with E-state index in [4.69, 9.17) is 9.72 Å². The molecule has 3 aromatic rings. The number of nitrogens with zero attached hydrogens (tertiary/aromatic N) is 3. The predicted molar refractivity (Wildman–Crippen MR) is 127 cm³/mol. The number of amides is 1. The minimum atomic E-state index is -3.05. The van der Waals surface area contributed by atoms with E-state index in [9.17, 15) is 13.2 Å². The van der Waals surface area contributed by atoms with Crippen LogP contribution in [-0.2, 0) is 14.6 Å². The number of sulfone groups is 1. The van der Waals surface area contributed by atoms with Crippen molar-refractivity contribution in [2.24, 2.45) is 0 Å². The van der Waals surface area contributed by atoms with Gasteiger partial charge in [0, 0.05) is 18.3 Å². The molecule has 1 aliphatic rings. The molecule has 1 amide bonds. The summed E-state index contributed by atoms with van der Waals surface area (Å²) in [6.45, 7) is 4.94. The van der Waals surface area contributed by atoms with Gasteiger partial charge in [-0.15, -0.1) is 0 Å². The Balaban J connectivity index is 1.58. The number of ether oxygens (including phenoxy) is 1. The summed E-state index contributed by atoms with van der Waals surface area (Å²) in [7, 11) is -3.05. The first-order chi connectivity index (χ1) is 15.4. The van der Waals surface area contributed by atoms with Crippen molar-refractivity contribution in [3.8, 4) is 11.4 Å². The van der Waals surface area contributed by atoms with Crippen LogP contribution in [0.5, 0.6) is 5.75 Å². The lowest BCUT2D eigenvalue weighted by Crippen LogP contribution is -2.42. The Kier molecular flexibility index (Phi) is 6.76. The normalized spacial score (nSPS) is 17.5. The van der Waals surface area contributed by atoms with Gasteiger partial charge < -0.3 is 9.64 Å². The fraction of sp³-hybridized carbons (Fsp3) is 0.391. The molecule has 1 fully saturated rings. The zero-order valence-corrected chi connectivity index (χ0v) is 19.9. The molecule has 1 saturated heterocycles. The van der Waals surface area contributed by atoms with Crippen molar-refractivity contribution in [1.82, 2.24) is 14.5 Å². The molecule has 2 aromatic carbocycles. The second-order valence-corrected chi connectivity index (χ2v) is 10.8. The first-order valence-corrected chi connectivity index (χ1v) is 13.6. The van der Waals surface area contributed by atoms with Crippen molar-refractivity contribution in [3.05, 3.63) is 48.5 Å². The number of hydrogen-bond acceptors (Lipinski definition) is 6. The van der Waals surface area contributed by atoms with Crippen molar-refractivity contribution in [3.63, 3.8) is 0 Å². The van der Waals surface area contributed by atoms with E-state index < -0.39 is 9.84 Å². The van der Waals surface area contributed by atoms with E-state index in [1.54, 1.807) is 4.90 Å². The summed E-state index contributed by atoms with van der Waals surface area (Å²) in [5.74, 6) is 1.15. The van der Waals surface area contributed by atoms with Crippen LogP contribution < -0.4 is 4.74 Å². The predicted octanol–water partition coefficient (Wildman–Crippen LogP) is 3.55. The van der Waals surface area contributed by atoms with Crippen LogP contribution in [0.3, 0.4) is 0 Å². The Labute approximate surface area is 192 Å². The molecule has 0 unspecified atom stereocenters. The van der Waals surface area contributed by atoms with E-state index in [0.717, 1.165) is 27.6 Å². The standard InChI is InChI=1S/C23H27N3O4S2/c1-3-25(18-13-14-32(28,29)16-18)22(27)15-31-23-24-20-7-5-6-8-21(20)26(23)17-9-11-19(12-10-17)30-4-2/h5-12,18H,3-4,13-16H2,1-2H3/t18-/m0/s1. The molecule has 0 aliphatic carbocycles. The average molecular weight is 474 g/mol. The Morgan fingerprint density at radius 3 is 2.59 bits per heavy atom. The molecule has 0 bridgehead atoms. The highest BCUT2D eigenvalue weighted by molar-refractivity contribution is 7.99. The average Bonchev–Trinajstić information content (AvgIpc) is 3.33. The van der Waals surface area contributed by atoms with Crippen LogP contribution in [-0.4, -0.2) is 65.2 Å². The Hall–Kier alpha value is -2.52. The molecule has 0 saturated carbocycles. The molecule has 0 spiro atoms. The molecule has 9 heteroatoms. The SMILES string of the molecule is CCOc1ccc(-n2c(SCC(=O)N(CC)[C@H]3CCS(=O)(=O)C3)nc3ccccc32)cc1. The minimum absolute atomic E-state index is 0.0575. The maximum absolute atomic E-state index is 13.0. The van der Waals surface area contributed by atoms with Crippen LogP contribution in [0.2, 0.25) is 0 Å². The fourth-order valence-electron chi connectivity index (χ4n) is 4.08. The van der Waals surface area contributed by atoms with Gasteiger partial charge in [0.2, 0.25) is 5.91 Å². The third-order valence-corrected chi connectivity index (χ3v) is 8.24. The zero-order valence-electron chi connectivity index (χ0n) is 18.2. The van der Waals surface area contributed by atoms with Gasteiger partial charge in [-0.2, -0.15) is 0 Å². The van der Waals surface area contributed by atoms with Crippen LogP contribution in [0.15, 0.2) is 53.7 Å². The third kappa shape index (κ3) is 4.78. The van der Waals surface area contributed by atoms with Crippen LogP contribution in [0.25, 0.3) is 16.7 Å². The Bertz CT molecular complexity index is 1210. The Morgan fingerprint density at radius 2 is 1.94 bits per heavy atom. The fourth-order valence-corrected chi connectivity index (χ4v) is 6.72. The van der Waals surface area contributed by atoms with Gasteiger partial charge in [0.05, 0.1) is 34.9 Å².